The Morgan fingerprint density at radius 2 is 2.06 bits per heavy atom. The maximum absolute atomic E-state index is 12.0. The summed E-state index contributed by atoms with van der Waals surface area (Å²) < 4.78 is 0. The van der Waals surface area contributed by atoms with Gasteiger partial charge in [0.15, 0.2) is 0 Å². The number of carbonyl (C=O) groups excluding carboxylic acids is 1. The molecular weight excluding hydrogens is 200 g/mol. The van der Waals surface area contributed by atoms with Crippen LogP contribution in [0.15, 0.2) is 18.2 Å². The van der Waals surface area contributed by atoms with E-state index in [4.69, 9.17) is 0 Å². The second kappa shape index (κ2) is 4.16. The minimum atomic E-state index is 0.115. The number of rotatable bonds is 2. The number of likely N-dealkylation sites (N-methyl/N-ethyl adjacent to an activating group) is 1. The lowest BCUT2D eigenvalue weighted by molar-refractivity contribution is 0.229. The fourth-order valence-electron chi connectivity index (χ4n) is 2.25. The number of anilines is 1. The molecule has 0 saturated carbocycles. The molecule has 1 fully saturated rings. The van der Waals surface area contributed by atoms with Crippen LogP contribution in [0.25, 0.3) is 0 Å². The van der Waals surface area contributed by atoms with Gasteiger partial charge < -0.3 is 4.90 Å². The van der Waals surface area contributed by atoms with E-state index in [0.717, 1.165) is 25.2 Å². The molecule has 0 aliphatic carbocycles. The fourth-order valence-corrected chi connectivity index (χ4v) is 2.25. The highest BCUT2D eigenvalue weighted by molar-refractivity contribution is 5.95. The second-order valence-electron chi connectivity index (χ2n) is 4.29. The zero-order valence-corrected chi connectivity index (χ0v) is 10.2. The van der Waals surface area contributed by atoms with Crippen LogP contribution in [0.2, 0.25) is 0 Å². The summed E-state index contributed by atoms with van der Waals surface area (Å²) in [4.78, 5) is 15.6. The Morgan fingerprint density at radius 1 is 1.31 bits per heavy atom. The van der Waals surface area contributed by atoms with Crippen LogP contribution in [0.3, 0.4) is 0 Å². The van der Waals surface area contributed by atoms with Crippen molar-refractivity contribution in [3.05, 3.63) is 29.3 Å². The largest absolute Gasteiger partial charge is 0.326 e. The molecule has 0 bridgehead atoms. The van der Waals surface area contributed by atoms with Crippen LogP contribution < -0.4 is 4.90 Å². The highest BCUT2D eigenvalue weighted by Gasteiger charge is 2.28. The van der Waals surface area contributed by atoms with Crippen molar-refractivity contribution in [2.45, 2.75) is 20.3 Å². The number of hydrogen-bond acceptors (Lipinski definition) is 1. The maximum atomic E-state index is 12.0. The Labute approximate surface area is 96.7 Å². The zero-order chi connectivity index (χ0) is 11.7. The summed E-state index contributed by atoms with van der Waals surface area (Å²) in [6, 6.07) is 6.35. The van der Waals surface area contributed by atoms with Crippen molar-refractivity contribution in [2.75, 3.05) is 25.0 Å². The number of benzene rings is 1. The van der Waals surface area contributed by atoms with E-state index in [-0.39, 0.29) is 6.03 Å². The van der Waals surface area contributed by atoms with Crippen molar-refractivity contribution in [3.8, 4) is 0 Å². The molecule has 0 atom stereocenters. The third-order valence-corrected chi connectivity index (χ3v) is 3.19. The van der Waals surface area contributed by atoms with Crippen LogP contribution in [0.5, 0.6) is 0 Å². The highest BCUT2D eigenvalue weighted by atomic mass is 16.2. The van der Waals surface area contributed by atoms with Crippen molar-refractivity contribution >= 4 is 11.7 Å². The summed E-state index contributed by atoms with van der Waals surface area (Å²) in [7, 11) is 1.85. The van der Waals surface area contributed by atoms with E-state index in [9.17, 15) is 4.79 Å². The Bertz CT molecular complexity index is 414. The number of urea groups is 1. The molecule has 3 heteroatoms. The molecule has 1 heterocycles. The summed E-state index contributed by atoms with van der Waals surface area (Å²) >= 11 is 0. The molecule has 1 aliphatic rings. The normalized spacial score (nSPS) is 16.1. The number of hydrogen-bond donors (Lipinski definition) is 0. The SMILES string of the molecule is CCc1cccc(C)c1N1CCN(C)C1=O. The van der Waals surface area contributed by atoms with Crippen molar-refractivity contribution < 1.29 is 4.79 Å². The Hall–Kier alpha value is -1.51. The minimum Gasteiger partial charge on any atom is -0.326 e. The predicted molar refractivity (Wildman–Crippen MR) is 65.9 cm³/mol. The summed E-state index contributed by atoms with van der Waals surface area (Å²) in [5.41, 5.74) is 3.55. The van der Waals surface area contributed by atoms with Gasteiger partial charge >= 0.3 is 6.03 Å². The molecule has 2 rings (SSSR count). The van der Waals surface area contributed by atoms with Crippen molar-refractivity contribution in [1.29, 1.82) is 0 Å². The molecule has 1 saturated heterocycles. The Kier molecular flexibility index (Phi) is 2.86. The van der Waals surface area contributed by atoms with Gasteiger partial charge in [-0.15, -0.1) is 0 Å². The molecule has 0 N–H and O–H groups in total. The van der Waals surface area contributed by atoms with Gasteiger partial charge in [-0.3, -0.25) is 4.90 Å². The molecule has 2 amide bonds. The van der Waals surface area contributed by atoms with Gasteiger partial charge in [-0.1, -0.05) is 25.1 Å². The van der Waals surface area contributed by atoms with Gasteiger partial charge in [-0.05, 0) is 24.5 Å². The van der Waals surface area contributed by atoms with Crippen LogP contribution in [0.4, 0.5) is 10.5 Å². The molecule has 0 aromatic heterocycles. The molecule has 3 nitrogen and oxygen atoms in total. The van der Waals surface area contributed by atoms with Crippen LogP contribution in [-0.2, 0) is 6.42 Å². The van der Waals surface area contributed by atoms with Gasteiger partial charge in [0.25, 0.3) is 0 Å². The standard InChI is InChI=1S/C13H18N2O/c1-4-11-7-5-6-10(2)12(11)15-9-8-14(3)13(15)16/h5-7H,4,8-9H2,1-3H3. The van der Waals surface area contributed by atoms with Crippen LogP contribution >= 0.6 is 0 Å². The smallest absolute Gasteiger partial charge is 0.324 e. The van der Waals surface area contributed by atoms with Crippen molar-refractivity contribution in [2.24, 2.45) is 0 Å². The molecule has 16 heavy (non-hydrogen) atoms. The first-order valence-corrected chi connectivity index (χ1v) is 5.76. The number of carbonyl (C=O) groups is 1. The third-order valence-electron chi connectivity index (χ3n) is 3.19. The quantitative estimate of drug-likeness (QED) is 0.748. The lowest BCUT2D eigenvalue weighted by atomic mass is 10.1. The summed E-state index contributed by atoms with van der Waals surface area (Å²) in [6.45, 7) is 5.81. The average molecular weight is 218 g/mol. The maximum Gasteiger partial charge on any atom is 0.324 e. The molecule has 1 aromatic rings. The summed E-state index contributed by atoms with van der Waals surface area (Å²) in [6.07, 6.45) is 0.963. The van der Waals surface area contributed by atoms with E-state index >= 15 is 0 Å². The third kappa shape index (κ3) is 1.66. The monoisotopic (exact) mass is 218 g/mol. The van der Waals surface area contributed by atoms with Gasteiger partial charge in [-0.25, -0.2) is 4.79 Å². The number of nitrogens with zero attached hydrogens (tertiary/aromatic N) is 2. The second-order valence-corrected chi connectivity index (χ2v) is 4.29. The Morgan fingerprint density at radius 3 is 2.62 bits per heavy atom. The molecule has 0 unspecified atom stereocenters. The van der Waals surface area contributed by atoms with E-state index in [2.05, 4.69) is 32.0 Å². The lowest BCUT2D eigenvalue weighted by Gasteiger charge is -2.21. The topological polar surface area (TPSA) is 23.6 Å². The molecule has 0 radical (unpaired) electrons. The van der Waals surface area contributed by atoms with Crippen LogP contribution in [0, 0.1) is 6.92 Å². The van der Waals surface area contributed by atoms with Crippen LogP contribution in [0.1, 0.15) is 18.1 Å². The number of para-hydroxylation sites is 1. The Balaban J connectivity index is 2.43. The van der Waals surface area contributed by atoms with Crippen molar-refractivity contribution in [1.82, 2.24) is 4.90 Å². The molecule has 1 aromatic carbocycles. The molecule has 86 valence electrons. The van der Waals surface area contributed by atoms with Gasteiger partial charge in [0.2, 0.25) is 0 Å². The minimum absolute atomic E-state index is 0.115. The predicted octanol–water partition coefficient (Wildman–Crippen LogP) is 2.43. The van der Waals surface area contributed by atoms with Crippen LogP contribution in [-0.4, -0.2) is 31.1 Å². The fraction of sp³-hybridized carbons (Fsp3) is 0.462. The summed E-state index contributed by atoms with van der Waals surface area (Å²) in [5, 5.41) is 0. The van der Waals surface area contributed by atoms with E-state index < -0.39 is 0 Å². The molecule has 1 aliphatic heterocycles. The van der Waals surface area contributed by atoms with Gasteiger partial charge in [-0.2, -0.15) is 0 Å². The van der Waals surface area contributed by atoms with Crippen molar-refractivity contribution in [3.63, 3.8) is 0 Å². The van der Waals surface area contributed by atoms with E-state index in [0.29, 0.717) is 0 Å². The number of aryl methyl sites for hydroxylation is 2. The van der Waals surface area contributed by atoms with E-state index in [1.54, 1.807) is 4.90 Å². The average Bonchev–Trinajstić information content (AvgIpc) is 2.60. The zero-order valence-electron chi connectivity index (χ0n) is 10.2. The molecule has 0 spiro atoms. The van der Waals surface area contributed by atoms with Gasteiger partial charge in [0.1, 0.15) is 0 Å². The number of amides is 2. The first-order chi connectivity index (χ1) is 7.65. The molecular formula is C13H18N2O. The lowest BCUT2D eigenvalue weighted by Crippen LogP contribution is -2.30. The van der Waals surface area contributed by atoms with E-state index in [1.165, 1.54) is 11.1 Å². The first-order valence-electron chi connectivity index (χ1n) is 5.76. The van der Waals surface area contributed by atoms with Gasteiger partial charge in [0, 0.05) is 20.1 Å². The van der Waals surface area contributed by atoms with Gasteiger partial charge in [0.05, 0.1) is 5.69 Å². The highest BCUT2D eigenvalue weighted by Crippen LogP contribution is 2.28. The first kappa shape index (κ1) is 11.0. The summed E-state index contributed by atoms with van der Waals surface area (Å²) in [5.74, 6) is 0. The van der Waals surface area contributed by atoms with E-state index in [1.807, 2.05) is 11.9 Å².